The predicted octanol–water partition coefficient (Wildman–Crippen LogP) is 6.18. The lowest BCUT2D eigenvalue weighted by Gasteiger charge is -2.14. The van der Waals surface area contributed by atoms with E-state index in [1.807, 2.05) is 30.3 Å². The Morgan fingerprint density at radius 3 is 2.47 bits per heavy atom. The normalized spacial score (nSPS) is 18.9. The van der Waals surface area contributed by atoms with Gasteiger partial charge in [-0.15, -0.1) is 0 Å². The van der Waals surface area contributed by atoms with Gasteiger partial charge < -0.3 is 5.11 Å². The molecule has 2 atom stereocenters. The molecule has 0 radical (unpaired) electrons. The minimum Gasteiger partial charge on any atom is -0.481 e. The van der Waals surface area contributed by atoms with E-state index in [9.17, 15) is 14.4 Å². The van der Waals surface area contributed by atoms with Gasteiger partial charge in [0.15, 0.2) is 5.78 Å². The Morgan fingerprint density at radius 2 is 1.77 bits per heavy atom. The van der Waals surface area contributed by atoms with Crippen LogP contribution in [0.2, 0.25) is 0 Å². The highest BCUT2D eigenvalue weighted by Gasteiger charge is 2.32. The molecule has 0 aliphatic heterocycles. The quantitative estimate of drug-likeness (QED) is 0.225. The van der Waals surface area contributed by atoms with Crippen molar-refractivity contribution in [1.29, 1.82) is 0 Å². The largest absolute Gasteiger partial charge is 0.481 e. The van der Waals surface area contributed by atoms with E-state index in [0.717, 1.165) is 38.5 Å². The molecule has 164 valence electrons. The van der Waals surface area contributed by atoms with Gasteiger partial charge in [-0.1, -0.05) is 69.4 Å². The zero-order chi connectivity index (χ0) is 21.8. The highest BCUT2D eigenvalue weighted by Crippen LogP contribution is 2.34. The third kappa shape index (κ3) is 8.25. The number of Topliss-reactive ketones (excluding diaryl/α,β-unsaturated/α-hetero) is 1. The van der Waals surface area contributed by atoms with Crippen LogP contribution in [0.5, 0.6) is 0 Å². The fourth-order valence-corrected chi connectivity index (χ4v) is 4.26. The summed E-state index contributed by atoms with van der Waals surface area (Å²) in [5, 5.41) is 8.68. The summed E-state index contributed by atoms with van der Waals surface area (Å²) in [5.41, 5.74) is 1.97. The lowest BCUT2D eigenvalue weighted by molar-refractivity contribution is -0.137. The average Bonchev–Trinajstić information content (AvgIpc) is 3.08. The Hall–Kier alpha value is -2.23. The van der Waals surface area contributed by atoms with Crippen molar-refractivity contribution in [3.8, 4) is 0 Å². The van der Waals surface area contributed by atoms with E-state index in [0.29, 0.717) is 24.2 Å². The summed E-state index contributed by atoms with van der Waals surface area (Å²) in [6.07, 6.45) is 14.2. The van der Waals surface area contributed by atoms with E-state index in [1.54, 1.807) is 6.08 Å². The second kappa shape index (κ2) is 13.1. The summed E-state index contributed by atoms with van der Waals surface area (Å²) in [7, 11) is 0. The first kappa shape index (κ1) is 24.0. The molecule has 0 aromatic heterocycles. The topological polar surface area (TPSA) is 71.4 Å². The van der Waals surface area contributed by atoms with Crippen LogP contribution in [0.15, 0.2) is 36.4 Å². The number of hydrogen-bond donors (Lipinski definition) is 1. The number of allylic oxidation sites excluding steroid dienone is 2. The number of unbranched alkanes of at least 4 members (excludes halogenated alkanes) is 5. The van der Waals surface area contributed by atoms with Crippen LogP contribution in [0.25, 0.3) is 0 Å². The summed E-state index contributed by atoms with van der Waals surface area (Å²) < 4.78 is 0. The average molecular weight is 413 g/mol. The van der Waals surface area contributed by atoms with Gasteiger partial charge in [0, 0.05) is 24.3 Å². The first-order chi connectivity index (χ1) is 14.5. The summed E-state index contributed by atoms with van der Waals surface area (Å²) in [6, 6.07) is 7.90. The molecule has 0 spiro atoms. The third-order valence-electron chi connectivity index (χ3n) is 6.11. The number of benzene rings is 1. The van der Waals surface area contributed by atoms with Crippen LogP contribution in [0.4, 0.5) is 0 Å². The molecule has 1 fully saturated rings. The first-order valence-electron chi connectivity index (χ1n) is 11.6. The van der Waals surface area contributed by atoms with Crippen LogP contribution < -0.4 is 0 Å². The molecule has 1 aromatic carbocycles. The van der Waals surface area contributed by atoms with Crippen molar-refractivity contribution < 1.29 is 19.5 Å². The van der Waals surface area contributed by atoms with E-state index in [-0.39, 0.29) is 24.0 Å². The molecular weight excluding hydrogens is 376 g/mol. The molecule has 0 heterocycles. The van der Waals surface area contributed by atoms with Gasteiger partial charge in [0.25, 0.3) is 0 Å². The molecule has 2 rings (SSSR count). The number of carboxylic acids is 1. The number of aryl methyl sites for hydroxylation is 1. The van der Waals surface area contributed by atoms with Gasteiger partial charge in [0.05, 0.1) is 0 Å². The van der Waals surface area contributed by atoms with Gasteiger partial charge >= 0.3 is 5.97 Å². The van der Waals surface area contributed by atoms with Crippen LogP contribution in [0, 0.1) is 11.8 Å². The van der Waals surface area contributed by atoms with Gasteiger partial charge in [-0.2, -0.15) is 0 Å². The maximum Gasteiger partial charge on any atom is 0.303 e. The molecule has 0 amide bonds. The molecule has 0 unspecified atom stereocenters. The van der Waals surface area contributed by atoms with Gasteiger partial charge in [0.1, 0.15) is 5.78 Å². The highest BCUT2D eigenvalue weighted by atomic mass is 16.4. The number of aliphatic carboxylic acids is 1. The smallest absolute Gasteiger partial charge is 0.303 e. The van der Waals surface area contributed by atoms with Crippen LogP contribution >= 0.6 is 0 Å². The maximum absolute atomic E-state index is 12.5. The lowest BCUT2D eigenvalue weighted by atomic mass is 9.89. The molecule has 30 heavy (non-hydrogen) atoms. The van der Waals surface area contributed by atoms with Crippen LogP contribution in [0.1, 0.15) is 93.5 Å². The summed E-state index contributed by atoms with van der Waals surface area (Å²) in [6.45, 7) is 2.19. The van der Waals surface area contributed by atoms with E-state index < -0.39 is 5.97 Å². The molecule has 1 N–H and O–H groups in total. The first-order valence-corrected chi connectivity index (χ1v) is 11.6. The molecule has 1 saturated carbocycles. The van der Waals surface area contributed by atoms with Crippen molar-refractivity contribution in [2.75, 3.05) is 0 Å². The summed E-state index contributed by atoms with van der Waals surface area (Å²) in [4.78, 5) is 35.3. The van der Waals surface area contributed by atoms with Gasteiger partial charge in [-0.25, -0.2) is 0 Å². The van der Waals surface area contributed by atoms with Crippen molar-refractivity contribution in [1.82, 2.24) is 0 Å². The molecule has 0 saturated heterocycles. The van der Waals surface area contributed by atoms with E-state index in [4.69, 9.17) is 5.11 Å². The van der Waals surface area contributed by atoms with Gasteiger partial charge in [-0.3, -0.25) is 14.4 Å². The number of carbonyl (C=O) groups excluding carboxylic acids is 2. The second-order valence-electron chi connectivity index (χ2n) is 8.50. The number of carboxylic acid groups (broad SMARTS) is 1. The number of hydrogen-bond acceptors (Lipinski definition) is 3. The Labute approximate surface area is 180 Å². The Bertz CT molecular complexity index is 717. The Kier molecular flexibility index (Phi) is 10.5. The summed E-state index contributed by atoms with van der Waals surface area (Å²) in [5.74, 6) is -0.286. The third-order valence-corrected chi connectivity index (χ3v) is 6.11. The maximum atomic E-state index is 12.5. The van der Waals surface area contributed by atoms with Gasteiger partial charge in [0.2, 0.25) is 0 Å². The molecule has 4 heteroatoms. The highest BCUT2D eigenvalue weighted by molar-refractivity contribution is 6.04. The standard InChI is InChI=1S/C26H36O4/c1-2-3-6-9-20-12-14-22(15-13-20)24(27)18-16-21-17-19-25(28)23(21)10-7-4-5-8-11-26(29)30/h12-16,18,21,23H,2-11,17,19H2,1H3,(H,29,30)/t21-,23+/m1/s1. The van der Waals surface area contributed by atoms with E-state index in [1.165, 1.54) is 24.8 Å². The summed E-state index contributed by atoms with van der Waals surface area (Å²) >= 11 is 0. The lowest BCUT2D eigenvalue weighted by Crippen LogP contribution is -2.13. The number of carbonyl (C=O) groups is 3. The van der Waals surface area contributed by atoms with Crippen LogP contribution in [0.3, 0.4) is 0 Å². The monoisotopic (exact) mass is 412 g/mol. The Balaban J connectivity index is 1.80. The molecule has 0 bridgehead atoms. The van der Waals surface area contributed by atoms with Crippen LogP contribution in [-0.4, -0.2) is 22.6 Å². The molecule has 1 aliphatic rings. The van der Waals surface area contributed by atoms with E-state index in [2.05, 4.69) is 6.92 Å². The molecule has 1 aromatic rings. The van der Waals surface area contributed by atoms with Gasteiger partial charge in [-0.05, 0) is 49.7 Å². The number of ketones is 2. The second-order valence-corrected chi connectivity index (χ2v) is 8.50. The minimum atomic E-state index is -0.748. The predicted molar refractivity (Wildman–Crippen MR) is 120 cm³/mol. The fourth-order valence-electron chi connectivity index (χ4n) is 4.26. The number of rotatable bonds is 14. The fraction of sp³-hybridized carbons (Fsp3) is 0.577. The molecule has 1 aliphatic carbocycles. The van der Waals surface area contributed by atoms with Crippen molar-refractivity contribution >= 4 is 17.5 Å². The zero-order valence-electron chi connectivity index (χ0n) is 18.3. The van der Waals surface area contributed by atoms with Crippen LogP contribution in [-0.2, 0) is 16.0 Å². The molecule has 4 nitrogen and oxygen atoms in total. The van der Waals surface area contributed by atoms with Crippen molar-refractivity contribution in [3.63, 3.8) is 0 Å². The van der Waals surface area contributed by atoms with Crippen molar-refractivity contribution in [2.24, 2.45) is 11.8 Å². The zero-order valence-corrected chi connectivity index (χ0v) is 18.3. The molecular formula is C26H36O4. The van der Waals surface area contributed by atoms with E-state index >= 15 is 0 Å². The SMILES string of the molecule is CCCCCc1ccc(C(=O)C=C[C@@H]2CCC(=O)[C@H]2CCCCCCC(=O)O)cc1. The minimum absolute atomic E-state index is 0.00174. The Morgan fingerprint density at radius 1 is 1.03 bits per heavy atom. The van der Waals surface area contributed by atoms with Crippen molar-refractivity contribution in [3.05, 3.63) is 47.5 Å². The van der Waals surface area contributed by atoms with Crippen molar-refractivity contribution in [2.45, 2.75) is 84.0 Å².